The Morgan fingerprint density at radius 2 is 1.85 bits per heavy atom. The maximum atomic E-state index is 12.1. The Bertz CT molecular complexity index is 847. The molecule has 0 heterocycles. The quantitative estimate of drug-likeness (QED) is 0.461. The molecule has 0 aliphatic carbocycles. The van der Waals surface area contributed by atoms with Crippen LogP contribution in [0.1, 0.15) is 16.7 Å². The first-order valence-electron chi connectivity index (χ1n) is 8.16. The van der Waals surface area contributed by atoms with Gasteiger partial charge in [-0.25, -0.2) is 9.59 Å². The monoisotopic (exact) mass is 370 g/mol. The van der Waals surface area contributed by atoms with Crippen LogP contribution in [0.4, 0.5) is 10.5 Å². The van der Waals surface area contributed by atoms with Gasteiger partial charge in [0.15, 0.2) is 0 Å². The number of rotatable bonds is 6. The Morgan fingerprint density at radius 3 is 2.48 bits per heavy atom. The number of alkyl carbamates (subject to hydrolysis) is 1. The van der Waals surface area contributed by atoms with E-state index in [9.17, 15) is 9.59 Å². The fourth-order valence-electron chi connectivity index (χ4n) is 2.34. The van der Waals surface area contributed by atoms with Crippen molar-refractivity contribution >= 4 is 23.8 Å². The summed E-state index contributed by atoms with van der Waals surface area (Å²) < 4.78 is 15.1. The first-order chi connectivity index (χ1) is 12.9. The van der Waals surface area contributed by atoms with Crippen LogP contribution < -0.4 is 15.8 Å². The molecule has 7 heteroatoms. The minimum Gasteiger partial charge on any atom is -0.495 e. The molecular weight excluding hydrogens is 348 g/mol. The van der Waals surface area contributed by atoms with Crippen molar-refractivity contribution in [2.24, 2.45) is 0 Å². The number of nitrogens with two attached hydrogens (primary N) is 1. The number of ether oxygens (including phenoxy) is 3. The number of esters is 1. The predicted octanol–water partition coefficient (Wildman–Crippen LogP) is 3.03. The Hall–Kier alpha value is -3.48. The number of amides is 1. The molecule has 0 aromatic heterocycles. The molecule has 0 aliphatic heterocycles. The number of anilines is 1. The molecule has 2 aromatic rings. The largest absolute Gasteiger partial charge is 0.495 e. The molecule has 0 bridgehead atoms. The minimum absolute atomic E-state index is 0.0678. The van der Waals surface area contributed by atoms with E-state index in [1.54, 1.807) is 12.1 Å². The summed E-state index contributed by atoms with van der Waals surface area (Å²) >= 11 is 0. The summed E-state index contributed by atoms with van der Waals surface area (Å²) in [6, 6.07) is 12.6. The molecule has 0 saturated carbocycles. The number of hydrogen-bond acceptors (Lipinski definition) is 6. The summed E-state index contributed by atoms with van der Waals surface area (Å²) in [6.45, 7) is 1.89. The summed E-state index contributed by atoms with van der Waals surface area (Å²) in [6.07, 6.45) is 0.694. The van der Waals surface area contributed by atoms with E-state index < -0.39 is 12.1 Å². The number of carbonyl (C=O) groups excluding carboxylic acids is 2. The van der Waals surface area contributed by atoms with Gasteiger partial charge in [0.2, 0.25) is 0 Å². The van der Waals surface area contributed by atoms with Gasteiger partial charge in [0.1, 0.15) is 18.1 Å². The van der Waals surface area contributed by atoms with Gasteiger partial charge in [-0.05, 0) is 41.8 Å². The molecule has 0 fully saturated rings. The van der Waals surface area contributed by atoms with Crippen LogP contribution in [-0.4, -0.2) is 26.3 Å². The summed E-state index contributed by atoms with van der Waals surface area (Å²) in [5, 5.41) is 2.41. The van der Waals surface area contributed by atoms with Crippen molar-refractivity contribution < 1.29 is 23.8 Å². The highest BCUT2D eigenvalue weighted by atomic mass is 16.6. The Balaban J connectivity index is 2.17. The van der Waals surface area contributed by atoms with Crippen LogP contribution in [0, 0.1) is 6.92 Å². The smallest absolute Gasteiger partial charge is 0.412 e. The molecule has 0 unspecified atom stereocenters. The van der Waals surface area contributed by atoms with E-state index in [1.807, 2.05) is 37.3 Å². The molecule has 0 atom stereocenters. The van der Waals surface area contributed by atoms with E-state index in [0.717, 1.165) is 11.1 Å². The number of hydrogen-bond donors (Lipinski definition) is 2. The minimum atomic E-state index is -0.769. The maximum absolute atomic E-state index is 12.1. The second-order valence-electron chi connectivity index (χ2n) is 5.69. The summed E-state index contributed by atoms with van der Waals surface area (Å²) in [4.78, 5) is 24.1. The van der Waals surface area contributed by atoms with Gasteiger partial charge in [0.05, 0.1) is 19.9 Å². The van der Waals surface area contributed by atoms with Crippen molar-refractivity contribution in [2.75, 3.05) is 20.0 Å². The highest BCUT2D eigenvalue weighted by molar-refractivity contribution is 5.96. The topological polar surface area (TPSA) is 99.9 Å². The molecule has 142 valence electrons. The molecule has 27 heavy (non-hydrogen) atoms. The molecule has 0 saturated heterocycles. The predicted molar refractivity (Wildman–Crippen MR) is 102 cm³/mol. The summed E-state index contributed by atoms with van der Waals surface area (Å²) in [5.41, 5.74) is 8.58. The third kappa shape index (κ3) is 5.50. The van der Waals surface area contributed by atoms with Gasteiger partial charge in [-0.3, -0.25) is 5.32 Å². The van der Waals surface area contributed by atoms with Crippen molar-refractivity contribution in [2.45, 2.75) is 13.5 Å². The van der Waals surface area contributed by atoms with Crippen molar-refractivity contribution in [1.29, 1.82) is 0 Å². The van der Waals surface area contributed by atoms with Crippen molar-refractivity contribution in [3.63, 3.8) is 0 Å². The van der Waals surface area contributed by atoms with Gasteiger partial charge in [-0.15, -0.1) is 0 Å². The lowest BCUT2D eigenvalue weighted by atomic mass is 10.1. The van der Waals surface area contributed by atoms with Crippen LogP contribution in [-0.2, 0) is 20.9 Å². The molecule has 1 amide bonds. The second-order valence-corrected chi connectivity index (χ2v) is 5.69. The number of nitrogen functional groups attached to an aromatic ring is 1. The zero-order valence-corrected chi connectivity index (χ0v) is 15.4. The average Bonchev–Trinajstić information content (AvgIpc) is 2.68. The lowest BCUT2D eigenvalue weighted by Gasteiger charge is -2.11. The fraction of sp³-hybridized carbons (Fsp3) is 0.200. The summed E-state index contributed by atoms with van der Waals surface area (Å²) in [7, 11) is 2.72. The lowest BCUT2D eigenvalue weighted by Crippen LogP contribution is -2.28. The summed E-state index contributed by atoms with van der Waals surface area (Å²) in [5.74, 6) is -0.239. The Kier molecular flexibility index (Phi) is 6.82. The first-order valence-corrected chi connectivity index (χ1v) is 8.16. The van der Waals surface area contributed by atoms with E-state index in [-0.39, 0.29) is 12.3 Å². The average molecular weight is 370 g/mol. The van der Waals surface area contributed by atoms with Crippen LogP contribution in [0.2, 0.25) is 0 Å². The molecule has 7 nitrogen and oxygen atoms in total. The fourth-order valence-corrected chi connectivity index (χ4v) is 2.34. The van der Waals surface area contributed by atoms with Crippen molar-refractivity contribution in [3.8, 4) is 5.75 Å². The molecule has 2 rings (SSSR count). The van der Waals surface area contributed by atoms with Crippen molar-refractivity contribution in [1.82, 2.24) is 5.32 Å². The third-order valence-electron chi connectivity index (χ3n) is 3.76. The van der Waals surface area contributed by atoms with Crippen LogP contribution >= 0.6 is 0 Å². The number of aryl methyl sites for hydroxylation is 1. The molecule has 0 aliphatic rings. The molecule has 0 radical (unpaired) electrons. The number of carbonyl (C=O) groups is 2. The van der Waals surface area contributed by atoms with Gasteiger partial charge in [-0.2, -0.15) is 0 Å². The van der Waals surface area contributed by atoms with E-state index in [2.05, 4.69) is 5.32 Å². The Labute approximate surface area is 157 Å². The van der Waals surface area contributed by atoms with E-state index in [1.165, 1.54) is 20.3 Å². The van der Waals surface area contributed by atoms with Gasteiger partial charge in [0.25, 0.3) is 0 Å². The van der Waals surface area contributed by atoms with Crippen LogP contribution in [0.5, 0.6) is 5.75 Å². The molecule has 3 N–H and O–H groups in total. The molecule has 2 aromatic carbocycles. The van der Waals surface area contributed by atoms with E-state index in [0.29, 0.717) is 17.0 Å². The zero-order valence-electron chi connectivity index (χ0n) is 15.4. The Morgan fingerprint density at radius 1 is 1.15 bits per heavy atom. The number of methoxy groups -OCH3 is 2. The highest BCUT2D eigenvalue weighted by Crippen LogP contribution is 2.27. The van der Waals surface area contributed by atoms with E-state index in [4.69, 9.17) is 19.9 Å². The number of nitrogens with one attached hydrogen (secondary N) is 1. The standard InChI is InChI=1S/C20H22N2O5/c1-13-9-15(11-17(25-2)18(13)21)10-16(19(23)26-3)22-20(24)27-12-14-7-5-4-6-8-14/h4-11H,12,21H2,1-3H3,(H,22,24)/b16-10+. The zero-order chi connectivity index (χ0) is 19.8. The van der Waals surface area contributed by atoms with Gasteiger partial charge in [-0.1, -0.05) is 30.3 Å². The highest BCUT2D eigenvalue weighted by Gasteiger charge is 2.15. The van der Waals surface area contributed by atoms with Gasteiger partial charge in [0, 0.05) is 0 Å². The van der Waals surface area contributed by atoms with Gasteiger partial charge < -0.3 is 19.9 Å². The van der Waals surface area contributed by atoms with Gasteiger partial charge >= 0.3 is 12.1 Å². The van der Waals surface area contributed by atoms with Crippen LogP contribution in [0.25, 0.3) is 6.08 Å². The molecule has 0 spiro atoms. The molecular formula is C20H22N2O5. The SMILES string of the molecule is COC(=O)/C(=C\c1cc(C)c(N)c(OC)c1)NC(=O)OCc1ccccc1. The van der Waals surface area contributed by atoms with Crippen LogP contribution in [0.3, 0.4) is 0 Å². The van der Waals surface area contributed by atoms with Crippen LogP contribution in [0.15, 0.2) is 48.2 Å². The maximum Gasteiger partial charge on any atom is 0.412 e. The van der Waals surface area contributed by atoms with Crippen molar-refractivity contribution in [3.05, 3.63) is 64.9 Å². The number of benzene rings is 2. The lowest BCUT2D eigenvalue weighted by molar-refractivity contribution is -0.136. The third-order valence-corrected chi connectivity index (χ3v) is 3.76. The second kappa shape index (κ2) is 9.28. The normalized spacial score (nSPS) is 10.9. The van der Waals surface area contributed by atoms with E-state index >= 15 is 0 Å². The first kappa shape index (κ1) is 19.8.